The monoisotopic (exact) mass is 438 g/mol. The molecule has 2 unspecified atom stereocenters. The van der Waals surface area contributed by atoms with Gasteiger partial charge in [0.05, 0.1) is 11.2 Å². The van der Waals surface area contributed by atoms with Crippen molar-refractivity contribution in [1.82, 2.24) is 9.03 Å². The Bertz CT molecular complexity index is 1090. The van der Waals surface area contributed by atoms with E-state index in [0.29, 0.717) is 12.8 Å². The van der Waals surface area contributed by atoms with Gasteiger partial charge < -0.3 is 0 Å². The molecule has 2 fully saturated rings. The summed E-state index contributed by atoms with van der Waals surface area (Å²) in [6.07, 6.45) is 3.71. The summed E-state index contributed by atoms with van der Waals surface area (Å²) in [5.41, 5.74) is 1.59. The number of fused-ring (bicyclic) bond motifs is 2. The molecule has 2 saturated heterocycles. The van der Waals surface area contributed by atoms with Crippen molar-refractivity contribution in [3.05, 3.63) is 54.3 Å². The van der Waals surface area contributed by atoms with Crippen molar-refractivity contribution in [3.63, 3.8) is 0 Å². The first-order chi connectivity index (χ1) is 13.6. The van der Waals surface area contributed by atoms with Crippen LogP contribution >= 0.6 is 0 Å². The maximum atomic E-state index is 13.1. The Hall–Kier alpha value is -1.81. The number of nitrogens with one attached hydrogen (secondary N) is 1. The van der Waals surface area contributed by atoms with Gasteiger partial charge in [-0.2, -0.15) is 4.31 Å². The molecule has 0 spiro atoms. The van der Waals surface area contributed by atoms with E-state index in [1.807, 2.05) is 0 Å². The van der Waals surface area contributed by atoms with E-state index >= 15 is 0 Å². The molecule has 2 aromatic carbocycles. The molecule has 156 valence electrons. The highest BCUT2D eigenvalue weighted by molar-refractivity contribution is 7.89. The fourth-order valence-corrected chi connectivity index (χ4v) is 7.26. The Morgan fingerprint density at radius 2 is 1.34 bits per heavy atom. The minimum atomic E-state index is -3.72. The van der Waals surface area contributed by atoms with E-state index in [-0.39, 0.29) is 28.8 Å². The summed E-state index contributed by atoms with van der Waals surface area (Å²) >= 11 is 0. The van der Waals surface area contributed by atoms with Crippen LogP contribution in [0.4, 0.5) is 4.39 Å². The molecule has 2 aliphatic heterocycles. The third-order valence-corrected chi connectivity index (χ3v) is 8.61. The molecule has 29 heavy (non-hydrogen) atoms. The summed E-state index contributed by atoms with van der Waals surface area (Å²) in [6.45, 7) is 0. The molecule has 2 bridgehead atoms. The zero-order chi connectivity index (χ0) is 20.8. The second-order valence-corrected chi connectivity index (χ2v) is 11.4. The van der Waals surface area contributed by atoms with Crippen LogP contribution in [0, 0.1) is 5.82 Å². The van der Waals surface area contributed by atoms with Crippen molar-refractivity contribution in [2.75, 3.05) is 6.26 Å². The number of piperidine rings is 1. The summed E-state index contributed by atoms with van der Waals surface area (Å²) in [5, 5.41) is 0. The van der Waals surface area contributed by atoms with E-state index in [1.54, 1.807) is 28.6 Å². The fraction of sp³-hybridized carbons (Fsp3) is 0.400. The molecular formula is C20H23FN2O4S2. The van der Waals surface area contributed by atoms with Gasteiger partial charge in [0.2, 0.25) is 20.0 Å². The summed E-state index contributed by atoms with van der Waals surface area (Å²) in [6, 6.07) is 11.9. The van der Waals surface area contributed by atoms with Crippen LogP contribution in [0.3, 0.4) is 0 Å². The maximum absolute atomic E-state index is 13.1. The molecule has 2 heterocycles. The van der Waals surface area contributed by atoms with Gasteiger partial charge in [0, 0.05) is 18.1 Å². The average Bonchev–Trinajstić information content (AvgIpc) is 2.94. The lowest BCUT2D eigenvalue weighted by molar-refractivity contribution is 0.221. The lowest BCUT2D eigenvalue weighted by atomic mass is 10.0. The maximum Gasteiger partial charge on any atom is 0.240 e. The highest BCUT2D eigenvalue weighted by Gasteiger charge is 2.45. The molecule has 6 nitrogen and oxygen atoms in total. The van der Waals surface area contributed by atoms with Crippen LogP contribution < -0.4 is 4.72 Å². The smallest absolute Gasteiger partial charge is 0.212 e. The topological polar surface area (TPSA) is 83.6 Å². The van der Waals surface area contributed by atoms with E-state index in [4.69, 9.17) is 0 Å². The second-order valence-electron chi connectivity index (χ2n) is 7.80. The molecule has 0 aliphatic carbocycles. The lowest BCUT2D eigenvalue weighted by Gasteiger charge is -2.37. The molecule has 4 rings (SSSR count). The van der Waals surface area contributed by atoms with Crippen LogP contribution in [0.2, 0.25) is 0 Å². The Morgan fingerprint density at radius 3 is 1.83 bits per heavy atom. The average molecular weight is 439 g/mol. The molecule has 9 heteroatoms. The lowest BCUT2D eigenvalue weighted by Crippen LogP contribution is -2.51. The predicted octanol–water partition coefficient (Wildman–Crippen LogP) is 2.73. The number of rotatable bonds is 5. The normalized spacial score (nSPS) is 25.2. The van der Waals surface area contributed by atoms with Crippen molar-refractivity contribution in [3.8, 4) is 11.1 Å². The molecule has 0 radical (unpaired) electrons. The highest BCUT2D eigenvalue weighted by atomic mass is 32.2. The van der Waals surface area contributed by atoms with Crippen LogP contribution in [0.15, 0.2) is 53.4 Å². The van der Waals surface area contributed by atoms with Gasteiger partial charge in [0.15, 0.2) is 0 Å². The molecule has 2 atom stereocenters. The van der Waals surface area contributed by atoms with Crippen molar-refractivity contribution < 1.29 is 21.2 Å². The molecule has 2 aromatic rings. The number of hydrogen-bond acceptors (Lipinski definition) is 4. The Kier molecular flexibility index (Phi) is 5.27. The Labute approximate surface area is 170 Å². The zero-order valence-corrected chi connectivity index (χ0v) is 17.6. The molecule has 1 N–H and O–H groups in total. The zero-order valence-electron chi connectivity index (χ0n) is 16.0. The van der Waals surface area contributed by atoms with Gasteiger partial charge in [-0.15, -0.1) is 0 Å². The van der Waals surface area contributed by atoms with Crippen molar-refractivity contribution in [2.24, 2.45) is 0 Å². The van der Waals surface area contributed by atoms with Crippen LogP contribution in [0.25, 0.3) is 11.1 Å². The first-order valence-corrected chi connectivity index (χ1v) is 12.8. The van der Waals surface area contributed by atoms with E-state index in [2.05, 4.69) is 4.72 Å². The quantitative estimate of drug-likeness (QED) is 0.778. The number of nitrogens with zero attached hydrogens (tertiary/aromatic N) is 1. The summed E-state index contributed by atoms with van der Waals surface area (Å²) in [5.74, 6) is -0.326. The highest BCUT2D eigenvalue weighted by Crippen LogP contribution is 2.38. The minimum Gasteiger partial charge on any atom is -0.212 e. The largest absolute Gasteiger partial charge is 0.240 e. The van der Waals surface area contributed by atoms with E-state index < -0.39 is 20.0 Å². The summed E-state index contributed by atoms with van der Waals surface area (Å²) < 4.78 is 67.0. The van der Waals surface area contributed by atoms with E-state index in [9.17, 15) is 21.2 Å². The SMILES string of the molecule is CS(=O)(=O)N1C2CCC1CC(NS(=O)(=O)c1ccc(-c3ccc(F)cc3)cc1)C2. The van der Waals surface area contributed by atoms with Crippen LogP contribution in [0.1, 0.15) is 25.7 Å². The third-order valence-electron chi connectivity index (χ3n) is 5.71. The van der Waals surface area contributed by atoms with Crippen molar-refractivity contribution in [1.29, 1.82) is 0 Å². The van der Waals surface area contributed by atoms with Gasteiger partial charge in [-0.05, 0) is 61.1 Å². The van der Waals surface area contributed by atoms with Gasteiger partial charge >= 0.3 is 0 Å². The van der Waals surface area contributed by atoms with Crippen LogP contribution in [-0.2, 0) is 20.0 Å². The van der Waals surface area contributed by atoms with E-state index in [1.165, 1.54) is 30.5 Å². The van der Waals surface area contributed by atoms with Gasteiger partial charge in [-0.1, -0.05) is 24.3 Å². The molecule has 0 aromatic heterocycles. The molecule has 0 amide bonds. The first kappa shape index (κ1) is 20.5. The van der Waals surface area contributed by atoms with Crippen molar-refractivity contribution in [2.45, 2.75) is 48.7 Å². The first-order valence-electron chi connectivity index (χ1n) is 9.50. The molecular weight excluding hydrogens is 415 g/mol. The summed E-state index contributed by atoms with van der Waals surface area (Å²) in [7, 11) is -7.00. The number of benzene rings is 2. The number of hydrogen-bond donors (Lipinski definition) is 1. The van der Waals surface area contributed by atoms with Gasteiger partial charge in [-0.25, -0.2) is 25.9 Å². The molecule has 0 saturated carbocycles. The predicted molar refractivity (Wildman–Crippen MR) is 109 cm³/mol. The number of sulfonamides is 2. The Balaban J connectivity index is 1.48. The minimum absolute atomic E-state index is 0.141. The fourth-order valence-electron chi connectivity index (χ4n) is 4.53. The van der Waals surface area contributed by atoms with Gasteiger partial charge in [0.25, 0.3) is 0 Å². The van der Waals surface area contributed by atoms with Crippen LogP contribution in [-0.4, -0.2) is 45.5 Å². The second kappa shape index (κ2) is 7.46. The van der Waals surface area contributed by atoms with Gasteiger partial charge in [0.1, 0.15) is 5.82 Å². The Morgan fingerprint density at radius 1 is 0.862 bits per heavy atom. The standard InChI is InChI=1S/C20H23FN2O4S2/c1-28(24,25)23-18-8-9-19(23)13-17(12-18)22-29(26,27)20-10-4-15(5-11-20)14-2-6-16(21)7-3-14/h2-7,10-11,17-19,22H,8-9,12-13H2,1H3. The van der Waals surface area contributed by atoms with Crippen molar-refractivity contribution >= 4 is 20.0 Å². The number of halogens is 1. The van der Waals surface area contributed by atoms with Gasteiger partial charge in [-0.3, -0.25) is 0 Å². The van der Waals surface area contributed by atoms with E-state index in [0.717, 1.165) is 24.0 Å². The molecule has 2 aliphatic rings. The summed E-state index contributed by atoms with van der Waals surface area (Å²) in [4.78, 5) is 0.154. The third kappa shape index (κ3) is 4.23. The van der Waals surface area contributed by atoms with Crippen LogP contribution in [0.5, 0.6) is 0 Å².